The lowest BCUT2D eigenvalue weighted by Crippen LogP contribution is -2.10. The van der Waals surface area contributed by atoms with Gasteiger partial charge >= 0.3 is 5.63 Å². The smallest absolute Gasteiger partial charge is 0.383 e. The fourth-order valence-corrected chi connectivity index (χ4v) is 2.80. The molecule has 5 heteroatoms. The largest absolute Gasteiger partial charge is 0.490 e. The molecule has 0 amide bonds. The van der Waals surface area contributed by atoms with Crippen LogP contribution in [0.1, 0.15) is 47.5 Å². The fraction of sp³-hybridized carbons (Fsp3) is 0.435. The van der Waals surface area contributed by atoms with Crippen LogP contribution in [0.2, 0.25) is 0 Å². The van der Waals surface area contributed by atoms with Crippen LogP contribution in [-0.2, 0) is 0 Å². The highest BCUT2D eigenvalue weighted by Gasteiger charge is 2.20. The second-order valence-electron chi connectivity index (χ2n) is 7.23. The fourth-order valence-electron chi connectivity index (χ4n) is 2.80. The molecule has 0 saturated carbocycles. The van der Waals surface area contributed by atoms with Gasteiger partial charge in [0.25, 0.3) is 0 Å². The quantitative estimate of drug-likeness (QED) is 0.411. The van der Waals surface area contributed by atoms with Gasteiger partial charge in [-0.1, -0.05) is 23.3 Å². The predicted molar refractivity (Wildman–Crippen MR) is 113 cm³/mol. The summed E-state index contributed by atoms with van der Waals surface area (Å²) in [5.41, 5.74) is 2.37. The zero-order valence-electron chi connectivity index (χ0n) is 17.6. The Hall–Kier alpha value is -2.69. The second-order valence-corrected chi connectivity index (χ2v) is 7.23. The van der Waals surface area contributed by atoms with E-state index in [1.54, 1.807) is 12.1 Å². The molecule has 0 unspecified atom stereocenters. The highest BCUT2D eigenvalue weighted by molar-refractivity contribution is 5.91. The molecule has 0 radical (unpaired) electrons. The van der Waals surface area contributed by atoms with E-state index in [1.807, 2.05) is 26.0 Å². The molecule has 0 N–H and O–H groups in total. The molecule has 28 heavy (non-hydrogen) atoms. The summed E-state index contributed by atoms with van der Waals surface area (Å²) in [6.07, 6.45) is 6.16. The standard InChI is InChI=1S/C23H30O5/c1-15(2)9-7-10-17(5)13-14-26-21-20-18(27-16(3)4)11-8-12-19(20)28-23(24)22(21)25-6/h8-9,11-13,16H,7,10,14H2,1-6H3/b17-13+. The van der Waals surface area contributed by atoms with Crippen LogP contribution in [0.4, 0.5) is 0 Å². The second kappa shape index (κ2) is 10.0. The molecular weight excluding hydrogens is 356 g/mol. The summed E-state index contributed by atoms with van der Waals surface area (Å²) in [4.78, 5) is 12.3. The van der Waals surface area contributed by atoms with Gasteiger partial charge in [0.05, 0.1) is 13.2 Å². The lowest BCUT2D eigenvalue weighted by Gasteiger charge is -2.16. The number of methoxy groups -OCH3 is 1. The van der Waals surface area contributed by atoms with E-state index < -0.39 is 5.63 Å². The summed E-state index contributed by atoms with van der Waals surface area (Å²) in [6.45, 7) is 10.5. The van der Waals surface area contributed by atoms with Gasteiger partial charge in [0.1, 0.15) is 23.3 Å². The van der Waals surface area contributed by atoms with E-state index in [2.05, 4.69) is 26.8 Å². The Balaban J connectivity index is 2.36. The zero-order valence-corrected chi connectivity index (χ0v) is 17.6. The maximum absolute atomic E-state index is 12.3. The van der Waals surface area contributed by atoms with Gasteiger partial charge in [-0.25, -0.2) is 4.79 Å². The topological polar surface area (TPSA) is 57.9 Å². The Bertz CT molecular complexity index is 914. The average molecular weight is 386 g/mol. The maximum Gasteiger partial charge on any atom is 0.383 e. The van der Waals surface area contributed by atoms with Crippen molar-refractivity contribution >= 4 is 11.0 Å². The van der Waals surface area contributed by atoms with Gasteiger partial charge in [0.2, 0.25) is 5.75 Å². The van der Waals surface area contributed by atoms with E-state index in [0.29, 0.717) is 29.1 Å². The summed E-state index contributed by atoms with van der Waals surface area (Å²) in [5.74, 6) is 0.982. The van der Waals surface area contributed by atoms with Gasteiger partial charge in [-0.2, -0.15) is 0 Å². The van der Waals surface area contributed by atoms with Crippen LogP contribution in [0.15, 0.2) is 50.7 Å². The molecule has 0 bridgehead atoms. The van der Waals surface area contributed by atoms with Crippen LogP contribution in [-0.4, -0.2) is 19.8 Å². The molecule has 0 aliphatic heterocycles. The molecule has 0 spiro atoms. The van der Waals surface area contributed by atoms with Gasteiger partial charge in [0.15, 0.2) is 5.75 Å². The van der Waals surface area contributed by atoms with E-state index >= 15 is 0 Å². The van der Waals surface area contributed by atoms with Crippen molar-refractivity contribution in [1.82, 2.24) is 0 Å². The van der Waals surface area contributed by atoms with Crippen LogP contribution >= 0.6 is 0 Å². The van der Waals surface area contributed by atoms with E-state index in [4.69, 9.17) is 18.6 Å². The molecule has 1 aromatic carbocycles. The summed E-state index contributed by atoms with van der Waals surface area (Å²) >= 11 is 0. The van der Waals surface area contributed by atoms with Gasteiger partial charge in [-0.3, -0.25) is 0 Å². The van der Waals surface area contributed by atoms with E-state index in [-0.39, 0.29) is 11.9 Å². The Labute approximate surface area is 166 Å². The van der Waals surface area contributed by atoms with Crippen molar-refractivity contribution in [3.05, 3.63) is 51.9 Å². The maximum atomic E-state index is 12.3. The first-order chi connectivity index (χ1) is 13.3. The third-order valence-corrected chi connectivity index (χ3v) is 4.13. The molecule has 2 aromatic rings. The summed E-state index contributed by atoms with van der Waals surface area (Å²) in [5, 5.41) is 0.600. The molecule has 0 fully saturated rings. The number of rotatable bonds is 9. The van der Waals surface area contributed by atoms with Crippen molar-refractivity contribution < 1.29 is 18.6 Å². The van der Waals surface area contributed by atoms with Gasteiger partial charge < -0.3 is 18.6 Å². The molecule has 152 valence electrons. The highest BCUT2D eigenvalue weighted by atomic mass is 16.5. The van der Waals surface area contributed by atoms with E-state index in [0.717, 1.165) is 12.8 Å². The minimum Gasteiger partial charge on any atom is -0.490 e. The number of fused-ring (bicyclic) bond motifs is 1. The Kier molecular flexibility index (Phi) is 7.73. The molecule has 0 aliphatic rings. The van der Waals surface area contributed by atoms with Gasteiger partial charge in [0, 0.05) is 0 Å². The van der Waals surface area contributed by atoms with Crippen molar-refractivity contribution in [3.63, 3.8) is 0 Å². The monoisotopic (exact) mass is 386 g/mol. The molecule has 0 aliphatic carbocycles. The number of benzene rings is 1. The Morgan fingerprint density at radius 1 is 1.14 bits per heavy atom. The number of ether oxygens (including phenoxy) is 3. The molecule has 1 heterocycles. The van der Waals surface area contributed by atoms with Crippen LogP contribution in [0, 0.1) is 0 Å². The van der Waals surface area contributed by atoms with E-state index in [9.17, 15) is 4.79 Å². The Morgan fingerprint density at radius 3 is 2.54 bits per heavy atom. The minimum atomic E-state index is -0.573. The van der Waals surface area contributed by atoms with Crippen LogP contribution in [0.25, 0.3) is 11.0 Å². The summed E-state index contributed by atoms with van der Waals surface area (Å²) < 4.78 is 22.5. The Morgan fingerprint density at radius 2 is 1.89 bits per heavy atom. The summed E-state index contributed by atoms with van der Waals surface area (Å²) in [7, 11) is 1.43. The van der Waals surface area contributed by atoms with Crippen molar-refractivity contribution in [3.8, 4) is 17.2 Å². The molecule has 0 atom stereocenters. The first-order valence-electron chi connectivity index (χ1n) is 9.55. The van der Waals surface area contributed by atoms with Crippen molar-refractivity contribution in [1.29, 1.82) is 0 Å². The first kappa shape index (κ1) is 21.6. The number of allylic oxidation sites excluding steroid dienone is 3. The lowest BCUT2D eigenvalue weighted by atomic mass is 10.1. The highest BCUT2D eigenvalue weighted by Crippen LogP contribution is 2.39. The van der Waals surface area contributed by atoms with Crippen molar-refractivity contribution in [2.45, 2.75) is 53.6 Å². The SMILES string of the molecule is COc1c(OC/C=C(\C)CCC=C(C)C)c2c(OC(C)C)cccc2oc1=O. The van der Waals surface area contributed by atoms with Gasteiger partial charge in [-0.05, 0) is 65.7 Å². The van der Waals surface area contributed by atoms with Gasteiger partial charge in [-0.15, -0.1) is 0 Å². The van der Waals surface area contributed by atoms with Crippen LogP contribution in [0.5, 0.6) is 17.2 Å². The minimum absolute atomic E-state index is 0.0337. The number of hydrogen-bond acceptors (Lipinski definition) is 5. The van der Waals surface area contributed by atoms with Crippen molar-refractivity contribution in [2.24, 2.45) is 0 Å². The van der Waals surface area contributed by atoms with Crippen molar-refractivity contribution in [2.75, 3.05) is 13.7 Å². The molecular formula is C23H30O5. The number of hydrogen-bond donors (Lipinski definition) is 0. The predicted octanol–water partition coefficient (Wildman–Crippen LogP) is 5.66. The third kappa shape index (κ3) is 5.65. The summed E-state index contributed by atoms with van der Waals surface area (Å²) in [6, 6.07) is 5.33. The molecule has 0 saturated heterocycles. The third-order valence-electron chi connectivity index (χ3n) is 4.13. The molecule has 1 aromatic heterocycles. The van der Waals surface area contributed by atoms with Crippen LogP contribution in [0.3, 0.4) is 0 Å². The molecule has 5 nitrogen and oxygen atoms in total. The lowest BCUT2D eigenvalue weighted by molar-refractivity contribution is 0.243. The average Bonchev–Trinajstić information content (AvgIpc) is 2.60. The molecule has 2 rings (SSSR count). The zero-order chi connectivity index (χ0) is 20.7. The van der Waals surface area contributed by atoms with E-state index in [1.165, 1.54) is 18.3 Å². The first-order valence-corrected chi connectivity index (χ1v) is 9.55. The van der Waals surface area contributed by atoms with Crippen LogP contribution < -0.4 is 19.8 Å². The normalized spacial score (nSPS) is 11.6.